The first-order valence-corrected chi connectivity index (χ1v) is 9.29. The zero-order valence-corrected chi connectivity index (χ0v) is 15.2. The van der Waals surface area contributed by atoms with Crippen molar-refractivity contribution < 1.29 is 4.79 Å². The topological polar surface area (TPSA) is 70.5 Å². The first-order valence-electron chi connectivity index (χ1n) is 8.41. The van der Waals surface area contributed by atoms with Crippen LogP contribution in [0.25, 0.3) is 0 Å². The van der Waals surface area contributed by atoms with E-state index in [9.17, 15) is 9.59 Å². The number of nitrogens with zero attached hydrogens (tertiary/aromatic N) is 4. The summed E-state index contributed by atoms with van der Waals surface area (Å²) in [6.45, 7) is 4.82. The van der Waals surface area contributed by atoms with Gasteiger partial charge in [-0.15, -0.1) is 11.3 Å². The molecule has 3 heterocycles. The third-order valence-electron chi connectivity index (χ3n) is 4.39. The van der Waals surface area contributed by atoms with E-state index < -0.39 is 0 Å². The molecule has 0 aromatic carbocycles. The van der Waals surface area contributed by atoms with Gasteiger partial charge in [0.15, 0.2) is 0 Å². The van der Waals surface area contributed by atoms with E-state index in [4.69, 9.17) is 0 Å². The van der Waals surface area contributed by atoms with E-state index >= 15 is 0 Å². The van der Waals surface area contributed by atoms with E-state index in [-0.39, 0.29) is 11.5 Å². The zero-order chi connectivity index (χ0) is 17.6. The Balaban J connectivity index is 1.39. The predicted octanol–water partition coefficient (Wildman–Crippen LogP) is 0.670. The van der Waals surface area contributed by atoms with Crippen molar-refractivity contribution in [1.29, 1.82) is 0 Å². The van der Waals surface area contributed by atoms with Gasteiger partial charge in [-0.1, -0.05) is 6.07 Å². The highest BCUT2D eigenvalue weighted by molar-refractivity contribution is 7.09. The molecule has 1 saturated heterocycles. The minimum absolute atomic E-state index is 0.0894. The van der Waals surface area contributed by atoms with E-state index in [0.717, 1.165) is 38.4 Å². The average molecular weight is 361 g/mol. The number of piperazine rings is 1. The maximum absolute atomic E-state index is 11.9. The van der Waals surface area contributed by atoms with Gasteiger partial charge in [0.25, 0.3) is 5.56 Å². The van der Waals surface area contributed by atoms with Gasteiger partial charge in [-0.25, -0.2) is 4.68 Å². The highest BCUT2D eigenvalue weighted by Crippen LogP contribution is 2.13. The van der Waals surface area contributed by atoms with Crippen molar-refractivity contribution in [2.75, 3.05) is 37.6 Å². The van der Waals surface area contributed by atoms with Crippen molar-refractivity contribution >= 4 is 22.9 Å². The van der Waals surface area contributed by atoms with Gasteiger partial charge in [0, 0.05) is 57.1 Å². The SMILES string of the molecule is Cn1ncc(N2CCN(CCC(=O)NCc3cccs3)CC2)cc1=O. The summed E-state index contributed by atoms with van der Waals surface area (Å²) in [7, 11) is 1.65. The number of carbonyl (C=O) groups excluding carboxylic acids is 1. The molecule has 0 saturated carbocycles. The quantitative estimate of drug-likeness (QED) is 0.819. The number of thiophene rings is 1. The summed E-state index contributed by atoms with van der Waals surface area (Å²) < 4.78 is 1.33. The number of hydrogen-bond acceptors (Lipinski definition) is 6. The van der Waals surface area contributed by atoms with E-state index in [1.54, 1.807) is 30.6 Å². The van der Waals surface area contributed by atoms with E-state index in [1.165, 1.54) is 9.56 Å². The molecule has 0 spiro atoms. The molecular weight excluding hydrogens is 338 g/mol. The van der Waals surface area contributed by atoms with E-state index in [1.807, 2.05) is 17.5 Å². The molecule has 0 bridgehead atoms. The molecule has 1 aliphatic heterocycles. The second-order valence-electron chi connectivity index (χ2n) is 6.11. The van der Waals surface area contributed by atoms with Crippen molar-refractivity contribution in [3.05, 3.63) is 45.0 Å². The monoisotopic (exact) mass is 361 g/mol. The van der Waals surface area contributed by atoms with Gasteiger partial charge in [-0.05, 0) is 11.4 Å². The summed E-state index contributed by atoms with van der Waals surface area (Å²) in [6.07, 6.45) is 2.24. The minimum Gasteiger partial charge on any atom is -0.368 e. The van der Waals surface area contributed by atoms with Gasteiger partial charge < -0.3 is 10.2 Å². The Morgan fingerprint density at radius 1 is 1.32 bits per heavy atom. The largest absolute Gasteiger partial charge is 0.368 e. The van der Waals surface area contributed by atoms with Crippen molar-refractivity contribution in [1.82, 2.24) is 20.0 Å². The molecular formula is C17H23N5O2S. The normalized spacial score (nSPS) is 15.3. The minimum atomic E-state index is -0.0951. The second kappa shape index (κ2) is 8.26. The molecule has 3 rings (SSSR count). The van der Waals surface area contributed by atoms with Crippen LogP contribution in [0.2, 0.25) is 0 Å². The summed E-state index contributed by atoms with van der Waals surface area (Å²) in [4.78, 5) is 29.3. The highest BCUT2D eigenvalue weighted by Gasteiger charge is 2.18. The maximum atomic E-state index is 11.9. The number of rotatable bonds is 6. The summed E-state index contributed by atoms with van der Waals surface area (Å²) in [6, 6.07) is 5.64. The molecule has 0 aliphatic carbocycles. The second-order valence-corrected chi connectivity index (χ2v) is 7.14. The Morgan fingerprint density at radius 2 is 2.12 bits per heavy atom. The Morgan fingerprint density at radius 3 is 2.80 bits per heavy atom. The van der Waals surface area contributed by atoms with Crippen LogP contribution in [0.15, 0.2) is 34.6 Å². The molecule has 25 heavy (non-hydrogen) atoms. The fraction of sp³-hybridized carbons (Fsp3) is 0.471. The smallest absolute Gasteiger partial charge is 0.268 e. The van der Waals surface area contributed by atoms with Crippen molar-refractivity contribution in [3.8, 4) is 0 Å². The number of nitrogens with one attached hydrogen (secondary N) is 1. The molecule has 2 aromatic heterocycles. The van der Waals surface area contributed by atoms with E-state index in [0.29, 0.717) is 13.0 Å². The summed E-state index contributed by atoms with van der Waals surface area (Å²) in [5.74, 6) is 0.0894. The fourth-order valence-electron chi connectivity index (χ4n) is 2.81. The number of anilines is 1. The molecule has 1 N–H and O–H groups in total. The molecule has 0 unspecified atom stereocenters. The molecule has 134 valence electrons. The lowest BCUT2D eigenvalue weighted by molar-refractivity contribution is -0.121. The maximum Gasteiger partial charge on any atom is 0.268 e. The summed E-state index contributed by atoms with van der Waals surface area (Å²) in [5.41, 5.74) is 0.777. The standard InChI is InChI=1S/C17H23N5O2S/c1-20-17(24)11-14(12-19-20)22-8-6-21(7-9-22)5-4-16(23)18-13-15-3-2-10-25-15/h2-3,10-12H,4-9,13H2,1H3,(H,18,23). The molecule has 0 radical (unpaired) electrons. The number of aromatic nitrogens is 2. The number of aryl methyl sites for hydroxylation is 1. The van der Waals surface area contributed by atoms with Crippen LogP contribution in [-0.2, 0) is 18.4 Å². The van der Waals surface area contributed by atoms with Crippen LogP contribution in [0.5, 0.6) is 0 Å². The Bertz CT molecular complexity index is 751. The lowest BCUT2D eigenvalue weighted by atomic mass is 10.2. The Kier molecular flexibility index (Phi) is 5.83. The Hall–Kier alpha value is -2.19. The number of carbonyl (C=O) groups is 1. The van der Waals surface area contributed by atoms with Gasteiger partial charge in [0.05, 0.1) is 18.4 Å². The van der Waals surface area contributed by atoms with Crippen molar-refractivity contribution in [2.24, 2.45) is 7.05 Å². The summed E-state index contributed by atoms with van der Waals surface area (Å²) in [5, 5.41) is 9.04. The highest BCUT2D eigenvalue weighted by atomic mass is 32.1. The number of hydrogen-bond donors (Lipinski definition) is 1. The predicted molar refractivity (Wildman–Crippen MR) is 98.9 cm³/mol. The third kappa shape index (κ3) is 4.90. The molecule has 8 heteroatoms. The molecule has 1 fully saturated rings. The lowest BCUT2D eigenvalue weighted by Gasteiger charge is -2.35. The Labute approximate surface area is 150 Å². The van der Waals surface area contributed by atoms with Crippen molar-refractivity contribution in [2.45, 2.75) is 13.0 Å². The number of amides is 1. The van der Waals surface area contributed by atoms with Crippen LogP contribution in [0.3, 0.4) is 0 Å². The van der Waals surface area contributed by atoms with Crippen LogP contribution >= 0.6 is 11.3 Å². The van der Waals surface area contributed by atoms with Crippen LogP contribution in [-0.4, -0.2) is 53.3 Å². The van der Waals surface area contributed by atoms with Crippen molar-refractivity contribution in [3.63, 3.8) is 0 Å². The molecule has 7 nitrogen and oxygen atoms in total. The summed E-state index contributed by atoms with van der Waals surface area (Å²) >= 11 is 1.65. The van der Waals surface area contributed by atoms with Crippen LogP contribution in [0.4, 0.5) is 5.69 Å². The molecule has 1 amide bonds. The molecule has 1 aliphatic rings. The third-order valence-corrected chi connectivity index (χ3v) is 5.26. The zero-order valence-electron chi connectivity index (χ0n) is 14.4. The van der Waals surface area contributed by atoms with Crippen LogP contribution in [0, 0.1) is 0 Å². The van der Waals surface area contributed by atoms with Gasteiger partial charge in [-0.2, -0.15) is 5.10 Å². The molecule has 2 aromatic rings. The first-order chi connectivity index (χ1) is 12.1. The van der Waals surface area contributed by atoms with Gasteiger partial charge in [-0.3, -0.25) is 14.5 Å². The molecule has 0 atom stereocenters. The van der Waals surface area contributed by atoms with Gasteiger partial charge >= 0.3 is 0 Å². The van der Waals surface area contributed by atoms with Crippen LogP contribution < -0.4 is 15.8 Å². The average Bonchev–Trinajstić information content (AvgIpc) is 3.14. The van der Waals surface area contributed by atoms with E-state index in [2.05, 4.69) is 20.2 Å². The van der Waals surface area contributed by atoms with Crippen LogP contribution in [0.1, 0.15) is 11.3 Å². The van der Waals surface area contributed by atoms with Gasteiger partial charge in [0.1, 0.15) is 0 Å². The first kappa shape index (κ1) is 17.6. The van der Waals surface area contributed by atoms with Gasteiger partial charge in [0.2, 0.25) is 5.91 Å². The fourth-order valence-corrected chi connectivity index (χ4v) is 3.45. The lowest BCUT2D eigenvalue weighted by Crippen LogP contribution is -2.47.